The Morgan fingerprint density at radius 1 is 1.23 bits per heavy atom. The largest absolute Gasteiger partial charge is 0.298 e. The van der Waals surface area contributed by atoms with Gasteiger partial charge in [0.2, 0.25) is 0 Å². The van der Waals surface area contributed by atoms with Crippen LogP contribution < -0.4 is 0 Å². The summed E-state index contributed by atoms with van der Waals surface area (Å²) in [6, 6.07) is 4.59. The van der Waals surface area contributed by atoms with E-state index in [4.69, 9.17) is 0 Å². The predicted molar refractivity (Wildman–Crippen MR) is 84.4 cm³/mol. The number of rotatable bonds is 4. The maximum absolute atomic E-state index is 12.6. The van der Waals surface area contributed by atoms with Crippen molar-refractivity contribution in [2.75, 3.05) is 6.26 Å². The van der Waals surface area contributed by atoms with Gasteiger partial charge in [0.1, 0.15) is 5.92 Å². The van der Waals surface area contributed by atoms with Gasteiger partial charge in [0.05, 0.1) is 5.75 Å². The molecule has 1 saturated carbocycles. The molecule has 7 heteroatoms. The highest BCUT2D eigenvalue weighted by atomic mass is 79.9. The van der Waals surface area contributed by atoms with Gasteiger partial charge in [-0.05, 0) is 30.2 Å². The lowest BCUT2D eigenvalue weighted by Gasteiger charge is -2.19. The molecule has 0 atom stereocenters. The van der Waals surface area contributed by atoms with E-state index in [9.17, 15) is 22.8 Å². The molecule has 1 aliphatic rings. The Hall–Kier alpha value is -1.34. The lowest BCUT2D eigenvalue weighted by atomic mass is 9.81. The quantitative estimate of drug-likeness (QED) is 0.584. The molecule has 1 fully saturated rings. The van der Waals surface area contributed by atoms with E-state index in [1.54, 1.807) is 6.07 Å². The minimum absolute atomic E-state index is 0.127. The van der Waals surface area contributed by atoms with Crippen LogP contribution >= 0.6 is 15.9 Å². The Bertz CT molecular complexity index is 735. The second-order valence-corrected chi connectivity index (χ2v) is 8.51. The number of benzene rings is 1. The smallest absolute Gasteiger partial charge is 0.181 e. The van der Waals surface area contributed by atoms with Crippen LogP contribution in [0.5, 0.6) is 0 Å². The van der Waals surface area contributed by atoms with Crippen LogP contribution in [0, 0.1) is 5.92 Å². The molecule has 2 rings (SSSR count). The molecule has 1 aromatic rings. The molecule has 0 aliphatic heterocycles. The average Bonchev–Trinajstić information content (AvgIpc) is 2.36. The molecule has 0 amide bonds. The van der Waals surface area contributed by atoms with E-state index in [1.807, 2.05) is 0 Å². The Balaban J connectivity index is 2.45. The zero-order valence-corrected chi connectivity index (χ0v) is 14.4. The molecular formula is C15H15BrO5S. The molecule has 0 radical (unpaired) electrons. The molecule has 1 aromatic carbocycles. The first-order valence-electron chi connectivity index (χ1n) is 6.75. The minimum Gasteiger partial charge on any atom is -0.298 e. The van der Waals surface area contributed by atoms with E-state index < -0.39 is 21.5 Å². The van der Waals surface area contributed by atoms with Gasteiger partial charge in [0.25, 0.3) is 0 Å². The SMILES string of the molecule is CS(=O)(=O)Cc1cc(Br)ccc1C(=O)C1C(=O)CCCC1=O. The fraction of sp³-hybridized carbons (Fsp3) is 0.400. The van der Waals surface area contributed by atoms with E-state index in [-0.39, 0.29) is 35.7 Å². The van der Waals surface area contributed by atoms with Gasteiger partial charge in [0, 0.05) is 29.1 Å². The number of sulfone groups is 1. The molecule has 0 saturated heterocycles. The van der Waals surface area contributed by atoms with Gasteiger partial charge < -0.3 is 0 Å². The summed E-state index contributed by atoms with van der Waals surface area (Å²) in [6.45, 7) is 0. The predicted octanol–water partition coefficient (Wildman–Crippen LogP) is 2.11. The fourth-order valence-corrected chi connectivity index (χ4v) is 3.77. The zero-order chi connectivity index (χ0) is 16.5. The van der Waals surface area contributed by atoms with Crippen molar-refractivity contribution >= 4 is 43.1 Å². The number of hydrogen-bond donors (Lipinski definition) is 0. The molecule has 118 valence electrons. The summed E-state index contributed by atoms with van der Waals surface area (Å²) >= 11 is 3.23. The van der Waals surface area contributed by atoms with Crippen molar-refractivity contribution in [3.8, 4) is 0 Å². The molecule has 5 nitrogen and oxygen atoms in total. The number of carbonyl (C=O) groups excluding carboxylic acids is 3. The van der Waals surface area contributed by atoms with E-state index in [2.05, 4.69) is 15.9 Å². The second-order valence-electron chi connectivity index (χ2n) is 5.46. The third-order valence-electron chi connectivity index (χ3n) is 3.50. The van der Waals surface area contributed by atoms with E-state index >= 15 is 0 Å². The fourth-order valence-electron chi connectivity index (χ4n) is 2.56. The van der Waals surface area contributed by atoms with Crippen molar-refractivity contribution in [2.24, 2.45) is 5.92 Å². The van der Waals surface area contributed by atoms with E-state index in [0.717, 1.165) is 6.26 Å². The number of Topliss-reactive ketones (excluding diaryl/α,β-unsaturated/α-hetero) is 3. The summed E-state index contributed by atoms with van der Waals surface area (Å²) in [6.07, 6.45) is 1.96. The number of ketones is 3. The molecule has 0 unspecified atom stereocenters. The van der Waals surface area contributed by atoms with Crippen LogP contribution in [0.2, 0.25) is 0 Å². The van der Waals surface area contributed by atoms with Gasteiger partial charge in [-0.2, -0.15) is 0 Å². The van der Waals surface area contributed by atoms with Gasteiger partial charge in [-0.3, -0.25) is 14.4 Å². The summed E-state index contributed by atoms with van der Waals surface area (Å²) < 4.78 is 23.7. The number of hydrogen-bond acceptors (Lipinski definition) is 5. The Morgan fingerprint density at radius 2 is 1.82 bits per heavy atom. The van der Waals surface area contributed by atoms with Gasteiger partial charge >= 0.3 is 0 Å². The minimum atomic E-state index is -3.35. The first-order chi connectivity index (χ1) is 10.2. The van der Waals surface area contributed by atoms with Crippen molar-refractivity contribution in [1.82, 2.24) is 0 Å². The molecule has 0 heterocycles. The van der Waals surface area contributed by atoms with Crippen LogP contribution in [-0.4, -0.2) is 32.0 Å². The van der Waals surface area contributed by atoms with Gasteiger partial charge in [-0.15, -0.1) is 0 Å². The standard InChI is InChI=1S/C15H15BrO5S/c1-22(20,21)8-9-7-10(16)5-6-11(9)15(19)14-12(17)3-2-4-13(14)18/h5-7,14H,2-4,8H2,1H3. The highest BCUT2D eigenvalue weighted by Crippen LogP contribution is 2.26. The molecule has 0 aromatic heterocycles. The van der Waals surface area contributed by atoms with Crippen LogP contribution in [-0.2, 0) is 25.2 Å². The zero-order valence-electron chi connectivity index (χ0n) is 12.0. The lowest BCUT2D eigenvalue weighted by Crippen LogP contribution is -2.35. The highest BCUT2D eigenvalue weighted by molar-refractivity contribution is 9.10. The maximum Gasteiger partial charge on any atom is 0.181 e. The summed E-state index contributed by atoms with van der Waals surface area (Å²) in [5.41, 5.74) is 0.426. The van der Waals surface area contributed by atoms with Crippen molar-refractivity contribution in [3.05, 3.63) is 33.8 Å². The Morgan fingerprint density at radius 3 is 2.36 bits per heavy atom. The summed E-state index contributed by atoms with van der Waals surface area (Å²) in [5, 5.41) is 0. The van der Waals surface area contributed by atoms with Crippen molar-refractivity contribution in [1.29, 1.82) is 0 Å². The lowest BCUT2D eigenvalue weighted by molar-refractivity contribution is -0.133. The molecular weight excluding hydrogens is 372 g/mol. The molecule has 0 spiro atoms. The highest BCUT2D eigenvalue weighted by Gasteiger charge is 2.37. The third-order valence-corrected chi connectivity index (χ3v) is 4.83. The summed E-state index contributed by atoms with van der Waals surface area (Å²) in [4.78, 5) is 36.4. The molecule has 0 N–H and O–H groups in total. The topological polar surface area (TPSA) is 85.3 Å². The second kappa shape index (κ2) is 6.42. The van der Waals surface area contributed by atoms with Crippen molar-refractivity contribution < 1.29 is 22.8 Å². The average molecular weight is 387 g/mol. The van der Waals surface area contributed by atoms with Gasteiger partial charge in [-0.1, -0.05) is 15.9 Å². The van der Waals surface area contributed by atoms with Crippen LogP contribution in [0.25, 0.3) is 0 Å². The first-order valence-corrected chi connectivity index (χ1v) is 9.60. The van der Waals surface area contributed by atoms with Gasteiger partial charge in [-0.25, -0.2) is 8.42 Å². The van der Waals surface area contributed by atoms with Crippen LogP contribution in [0.3, 0.4) is 0 Å². The van der Waals surface area contributed by atoms with Crippen molar-refractivity contribution in [3.63, 3.8) is 0 Å². The first kappa shape index (κ1) is 17.0. The number of halogens is 1. The normalized spacial score (nSPS) is 16.8. The monoisotopic (exact) mass is 386 g/mol. The van der Waals surface area contributed by atoms with E-state index in [0.29, 0.717) is 16.5 Å². The van der Waals surface area contributed by atoms with Crippen LogP contribution in [0.1, 0.15) is 35.2 Å². The Labute approximate surface area is 137 Å². The van der Waals surface area contributed by atoms with Crippen LogP contribution in [0.15, 0.2) is 22.7 Å². The summed E-state index contributed by atoms with van der Waals surface area (Å²) in [7, 11) is -3.35. The van der Waals surface area contributed by atoms with Gasteiger partial charge in [0.15, 0.2) is 27.2 Å². The molecule has 1 aliphatic carbocycles. The molecule has 22 heavy (non-hydrogen) atoms. The number of carbonyl (C=O) groups is 3. The maximum atomic E-state index is 12.6. The summed E-state index contributed by atoms with van der Waals surface area (Å²) in [5.74, 6) is -2.96. The molecule has 0 bridgehead atoms. The van der Waals surface area contributed by atoms with E-state index in [1.165, 1.54) is 12.1 Å². The third kappa shape index (κ3) is 3.89. The Kier molecular flexibility index (Phi) is 4.97. The van der Waals surface area contributed by atoms with Crippen LogP contribution in [0.4, 0.5) is 0 Å². The van der Waals surface area contributed by atoms with Crippen molar-refractivity contribution in [2.45, 2.75) is 25.0 Å².